The Bertz CT molecular complexity index is 635. The molecule has 0 aliphatic carbocycles. The molecule has 1 fully saturated rings. The van der Waals surface area contributed by atoms with Crippen LogP contribution in [0.3, 0.4) is 0 Å². The van der Waals surface area contributed by atoms with Crippen LogP contribution in [0.5, 0.6) is 0 Å². The molecule has 122 valence electrons. The van der Waals surface area contributed by atoms with Crippen LogP contribution in [0.4, 0.5) is 5.69 Å². The number of rotatable bonds is 3. The first-order chi connectivity index (χ1) is 10.7. The maximum Gasteiger partial charge on any atom is 0.255 e. The molecule has 0 bridgehead atoms. The monoisotopic (exact) mass is 332 g/mol. The van der Waals surface area contributed by atoms with E-state index in [1.807, 2.05) is 55.5 Å². The van der Waals surface area contributed by atoms with Crippen molar-refractivity contribution in [3.8, 4) is 0 Å². The zero-order valence-electron chi connectivity index (χ0n) is 13.0. The summed E-state index contributed by atoms with van der Waals surface area (Å²) < 4.78 is 5.72. The Morgan fingerprint density at radius 3 is 2.43 bits per heavy atom. The van der Waals surface area contributed by atoms with Gasteiger partial charge in [0.15, 0.2) is 0 Å². The number of ether oxygens (including phenoxy) is 1. The van der Waals surface area contributed by atoms with Crippen molar-refractivity contribution in [3.63, 3.8) is 0 Å². The minimum Gasteiger partial charge on any atom is -0.371 e. The highest BCUT2D eigenvalue weighted by Crippen LogP contribution is 2.21. The maximum absolute atomic E-state index is 12.2. The molecule has 0 aromatic heterocycles. The molecule has 4 nitrogen and oxygen atoms in total. The van der Waals surface area contributed by atoms with Gasteiger partial charge in [0.2, 0.25) is 0 Å². The Balaban J connectivity index is 0.00000192. The quantitative estimate of drug-likeness (QED) is 0.906. The molecule has 2 aromatic carbocycles. The minimum absolute atomic E-state index is 0. The Hall–Kier alpha value is -1.88. The number of aryl methyl sites for hydroxylation is 1. The third-order valence-electron chi connectivity index (χ3n) is 3.78. The molecule has 5 heteroatoms. The number of benzene rings is 2. The highest BCUT2D eigenvalue weighted by molar-refractivity contribution is 6.04. The fourth-order valence-electron chi connectivity index (χ4n) is 2.47. The van der Waals surface area contributed by atoms with Crippen molar-refractivity contribution in [1.29, 1.82) is 0 Å². The SMILES string of the molecule is Cc1ccc(C(=O)Nc2ccc([C@@H]3CNCCO3)cc2)cc1.Cl. The van der Waals surface area contributed by atoms with Crippen molar-refractivity contribution in [1.82, 2.24) is 5.32 Å². The Labute approximate surface area is 142 Å². The van der Waals surface area contributed by atoms with Crippen LogP contribution in [0.15, 0.2) is 48.5 Å². The molecule has 1 aliphatic heterocycles. The van der Waals surface area contributed by atoms with Gasteiger partial charge in [0.25, 0.3) is 5.91 Å². The van der Waals surface area contributed by atoms with E-state index in [4.69, 9.17) is 4.74 Å². The highest BCUT2D eigenvalue weighted by atomic mass is 35.5. The van der Waals surface area contributed by atoms with Crippen molar-refractivity contribution in [2.45, 2.75) is 13.0 Å². The maximum atomic E-state index is 12.2. The number of amides is 1. The molecule has 23 heavy (non-hydrogen) atoms. The van der Waals surface area contributed by atoms with Crippen LogP contribution < -0.4 is 10.6 Å². The second-order valence-corrected chi connectivity index (χ2v) is 5.51. The molecule has 1 heterocycles. The number of carbonyl (C=O) groups excluding carboxylic acids is 1. The summed E-state index contributed by atoms with van der Waals surface area (Å²) in [6.45, 7) is 4.47. The van der Waals surface area contributed by atoms with E-state index < -0.39 is 0 Å². The normalized spacial score (nSPS) is 17.2. The average molecular weight is 333 g/mol. The van der Waals surface area contributed by atoms with Gasteiger partial charge in [-0.05, 0) is 36.8 Å². The van der Waals surface area contributed by atoms with Gasteiger partial charge in [0.05, 0.1) is 12.7 Å². The minimum atomic E-state index is -0.0941. The first-order valence-electron chi connectivity index (χ1n) is 7.53. The molecule has 0 unspecified atom stereocenters. The topological polar surface area (TPSA) is 50.4 Å². The van der Waals surface area contributed by atoms with Crippen LogP contribution in [0.1, 0.15) is 27.6 Å². The molecule has 1 amide bonds. The smallest absolute Gasteiger partial charge is 0.255 e. The summed E-state index contributed by atoms with van der Waals surface area (Å²) in [6.07, 6.45) is 0.0931. The Morgan fingerprint density at radius 1 is 1.13 bits per heavy atom. The van der Waals surface area contributed by atoms with E-state index in [9.17, 15) is 4.79 Å². The fraction of sp³-hybridized carbons (Fsp3) is 0.278. The van der Waals surface area contributed by atoms with Gasteiger partial charge in [-0.2, -0.15) is 0 Å². The van der Waals surface area contributed by atoms with Crippen LogP contribution >= 0.6 is 12.4 Å². The summed E-state index contributed by atoms with van der Waals surface area (Å²) in [4.78, 5) is 12.2. The Kier molecular flexibility index (Phi) is 6.16. The zero-order chi connectivity index (χ0) is 15.4. The number of anilines is 1. The van der Waals surface area contributed by atoms with E-state index in [-0.39, 0.29) is 24.4 Å². The van der Waals surface area contributed by atoms with E-state index in [2.05, 4.69) is 10.6 Å². The van der Waals surface area contributed by atoms with Gasteiger partial charge in [0, 0.05) is 24.3 Å². The molecule has 3 rings (SSSR count). The van der Waals surface area contributed by atoms with E-state index >= 15 is 0 Å². The lowest BCUT2D eigenvalue weighted by Crippen LogP contribution is -2.33. The van der Waals surface area contributed by atoms with Gasteiger partial charge in [-0.3, -0.25) is 4.79 Å². The van der Waals surface area contributed by atoms with Crippen molar-refractivity contribution in [2.75, 3.05) is 25.0 Å². The van der Waals surface area contributed by atoms with Gasteiger partial charge >= 0.3 is 0 Å². The summed E-state index contributed by atoms with van der Waals surface area (Å²) in [5.41, 5.74) is 3.72. The van der Waals surface area contributed by atoms with E-state index in [0.29, 0.717) is 5.56 Å². The van der Waals surface area contributed by atoms with Gasteiger partial charge in [-0.1, -0.05) is 29.8 Å². The largest absolute Gasteiger partial charge is 0.371 e. The van der Waals surface area contributed by atoms with Crippen LogP contribution in [0.25, 0.3) is 0 Å². The van der Waals surface area contributed by atoms with Gasteiger partial charge in [-0.25, -0.2) is 0 Å². The second kappa shape index (κ2) is 8.11. The molecule has 2 aromatic rings. The van der Waals surface area contributed by atoms with Crippen molar-refractivity contribution < 1.29 is 9.53 Å². The third-order valence-corrected chi connectivity index (χ3v) is 3.78. The standard InChI is InChI=1S/C18H20N2O2.ClH/c1-13-2-4-15(5-3-13)18(21)20-16-8-6-14(7-9-16)17-12-19-10-11-22-17;/h2-9,17,19H,10-12H2,1H3,(H,20,21);1H/t17-;/m0./s1. The number of hydrogen-bond donors (Lipinski definition) is 2. The van der Waals surface area contributed by atoms with Crippen molar-refractivity contribution in [2.24, 2.45) is 0 Å². The lowest BCUT2D eigenvalue weighted by molar-refractivity contribution is 0.0277. The lowest BCUT2D eigenvalue weighted by Gasteiger charge is -2.24. The molecule has 1 atom stereocenters. The van der Waals surface area contributed by atoms with Gasteiger partial charge in [0.1, 0.15) is 0 Å². The van der Waals surface area contributed by atoms with Gasteiger partial charge in [-0.15, -0.1) is 12.4 Å². The van der Waals surface area contributed by atoms with Crippen molar-refractivity contribution >= 4 is 24.0 Å². The predicted molar refractivity (Wildman–Crippen MR) is 94.4 cm³/mol. The van der Waals surface area contributed by atoms with E-state index in [1.54, 1.807) is 0 Å². The highest BCUT2D eigenvalue weighted by Gasteiger charge is 2.15. The molecule has 0 saturated carbocycles. The van der Waals surface area contributed by atoms with Crippen molar-refractivity contribution in [3.05, 3.63) is 65.2 Å². The van der Waals surface area contributed by atoms with E-state index in [0.717, 1.165) is 36.5 Å². The zero-order valence-corrected chi connectivity index (χ0v) is 13.9. The van der Waals surface area contributed by atoms with Crippen LogP contribution in [-0.4, -0.2) is 25.6 Å². The molecular formula is C18H21ClN2O2. The number of nitrogens with one attached hydrogen (secondary N) is 2. The first kappa shape index (κ1) is 17.5. The molecule has 2 N–H and O–H groups in total. The third kappa shape index (κ3) is 4.55. The summed E-state index contributed by atoms with van der Waals surface area (Å²) in [5.74, 6) is -0.0941. The van der Waals surface area contributed by atoms with Gasteiger partial charge < -0.3 is 15.4 Å². The second-order valence-electron chi connectivity index (χ2n) is 5.51. The molecular weight excluding hydrogens is 312 g/mol. The van der Waals surface area contributed by atoms with Crippen LogP contribution in [0, 0.1) is 6.92 Å². The fourth-order valence-corrected chi connectivity index (χ4v) is 2.47. The molecule has 0 spiro atoms. The number of morpholine rings is 1. The average Bonchev–Trinajstić information content (AvgIpc) is 2.57. The lowest BCUT2D eigenvalue weighted by atomic mass is 10.1. The molecule has 0 radical (unpaired) electrons. The Morgan fingerprint density at radius 2 is 1.83 bits per heavy atom. The van der Waals surface area contributed by atoms with Crippen LogP contribution in [0.2, 0.25) is 0 Å². The summed E-state index contributed by atoms with van der Waals surface area (Å²) in [5, 5.41) is 6.22. The summed E-state index contributed by atoms with van der Waals surface area (Å²) in [7, 11) is 0. The number of halogens is 1. The van der Waals surface area contributed by atoms with E-state index in [1.165, 1.54) is 0 Å². The van der Waals surface area contributed by atoms with Crippen LogP contribution in [-0.2, 0) is 4.74 Å². The molecule has 1 aliphatic rings. The number of hydrogen-bond acceptors (Lipinski definition) is 3. The summed E-state index contributed by atoms with van der Waals surface area (Å²) in [6, 6.07) is 15.4. The number of carbonyl (C=O) groups is 1. The molecule has 1 saturated heterocycles. The predicted octanol–water partition coefficient (Wildman–Crippen LogP) is 3.33. The summed E-state index contributed by atoms with van der Waals surface area (Å²) >= 11 is 0. The first-order valence-corrected chi connectivity index (χ1v) is 7.53.